The van der Waals surface area contributed by atoms with Crippen LogP contribution in [-0.4, -0.2) is 193 Å². The Labute approximate surface area is 668 Å². The molecule has 0 radical (unpaired) electrons. The molecule has 0 aliphatic carbocycles. The summed E-state index contributed by atoms with van der Waals surface area (Å²) in [6.07, 6.45) is 66.7. The molecule has 0 saturated carbocycles. The smallest absolute Gasteiger partial charge is 0.220 e. The van der Waals surface area contributed by atoms with E-state index in [2.05, 4.69) is 67.8 Å². The van der Waals surface area contributed by atoms with Gasteiger partial charge >= 0.3 is 0 Å². The molecular weight excluding hydrogens is 1390 g/mol. The number of carbonyl (C=O) groups excluding carboxylic acids is 1. The lowest BCUT2D eigenvalue weighted by atomic mass is 9.96. The van der Waals surface area contributed by atoms with Crippen molar-refractivity contribution in [3.05, 3.63) is 60.8 Å². The number of hydrogen-bond acceptors (Lipinski definition) is 18. The topological polar surface area (TPSA) is 307 Å². The first-order chi connectivity index (χ1) is 53.8. The molecule has 0 bridgehead atoms. The van der Waals surface area contributed by atoms with Crippen molar-refractivity contribution in [1.29, 1.82) is 0 Å². The van der Waals surface area contributed by atoms with Gasteiger partial charge in [-0.05, 0) is 70.6 Å². The fourth-order valence-corrected chi connectivity index (χ4v) is 15.3. The van der Waals surface area contributed by atoms with Gasteiger partial charge in [-0.15, -0.1) is 0 Å². The van der Waals surface area contributed by atoms with E-state index in [1.54, 1.807) is 6.08 Å². The largest absolute Gasteiger partial charge is 0.394 e. The van der Waals surface area contributed by atoms with E-state index in [1.807, 2.05) is 6.08 Å². The number of allylic oxidation sites excluding steroid dienone is 9. The van der Waals surface area contributed by atoms with Gasteiger partial charge < -0.3 is 89.9 Å². The molecule has 3 fully saturated rings. The molecule has 3 heterocycles. The molecule has 0 aromatic carbocycles. The number of unbranched alkanes of at least 4 members (excludes halogenated alkanes) is 50. The van der Waals surface area contributed by atoms with Crippen LogP contribution in [0.5, 0.6) is 0 Å². The monoisotopic (exact) mass is 1560 g/mol. The van der Waals surface area contributed by atoms with Gasteiger partial charge in [0.25, 0.3) is 0 Å². The van der Waals surface area contributed by atoms with E-state index < -0.39 is 124 Å². The highest BCUT2D eigenvalue weighted by molar-refractivity contribution is 5.76. The molecule has 1 amide bonds. The van der Waals surface area contributed by atoms with Crippen LogP contribution < -0.4 is 5.32 Å². The second-order valence-corrected chi connectivity index (χ2v) is 32.4. The molecule has 0 spiro atoms. The fraction of sp³-hybridized carbons (Fsp3) is 0.879. The summed E-state index contributed by atoms with van der Waals surface area (Å²) in [6.45, 7) is 1.76. The lowest BCUT2D eigenvalue weighted by Crippen LogP contribution is -2.66. The Bertz CT molecular complexity index is 2220. The van der Waals surface area contributed by atoms with Crippen molar-refractivity contribution in [1.82, 2.24) is 5.32 Å². The Morgan fingerprint density at radius 1 is 0.327 bits per heavy atom. The van der Waals surface area contributed by atoms with Gasteiger partial charge in [-0.2, -0.15) is 0 Å². The Balaban J connectivity index is 1.30. The van der Waals surface area contributed by atoms with Crippen molar-refractivity contribution in [2.75, 3.05) is 26.4 Å². The van der Waals surface area contributed by atoms with E-state index in [-0.39, 0.29) is 18.9 Å². The van der Waals surface area contributed by atoms with Crippen LogP contribution in [0.4, 0.5) is 0 Å². The van der Waals surface area contributed by atoms with E-state index in [4.69, 9.17) is 28.4 Å². The van der Waals surface area contributed by atoms with E-state index in [9.17, 15) is 61.0 Å². The third kappa shape index (κ3) is 48.9. The molecule has 12 N–H and O–H groups in total. The SMILES string of the molecule is CCCCCCC/C=C\C/C=C\C/C=C\CCCCCCCCCCCCCCCCCCCCCCCCCCCCC(=O)NC(COC1OC(CO)C(OC2OC(CO)C(OC3OC(CO)C(O)C(O)C3O)C(O)C2O)C(O)C1O)C(O)/C=C/CC/C=C/CCCCCCCCCCCCCCCCCCCC. The van der Waals surface area contributed by atoms with Crippen LogP contribution in [0, 0.1) is 0 Å². The number of hydrogen-bond donors (Lipinski definition) is 12. The normalized spacial score (nSPS) is 25.4. The van der Waals surface area contributed by atoms with Gasteiger partial charge in [0.15, 0.2) is 18.9 Å². The number of rotatable bonds is 74. The Hall–Kier alpha value is -2.51. The van der Waals surface area contributed by atoms with Crippen LogP contribution in [0.2, 0.25) is 0 Å². The standard InChI is InChI=1S/C91H167NO18/c1-3-5-7-9-11-13-15-17-19-21-23-25-27-29-30-31-32-33-34-35-36-37-38-39-40-41-42-43-44-45-47-49-51-53-55-57-59-61-63-65-67-69-79(97)92-74(75(96)68-66-64-62-60-58-56-54-52-50-48-46-28-26-24-22-20-18-16-14-12-10-8-6-4-2)73-105-89-85(103)82(100)87(77(71-94)107-89)110-91-86(104)83(101)88(78(72-95)108-91)109-90-84(102)81(99)80(98)76(70-93)106-90/h15,17,21,23,27,29,58,60,66,68,74-78,80-91,93-96,98-104H,3-14,16,18-20,22,24-26,28,30-57,59,61-65,67,69-73H2,1-2H3,(H,92,97)/b17-15-,23-21-,29-27-,60-58+,68-66+. The molecule has 110 heavy (non-hydrogen) atoms. The third-order valence-corrected chi connectivity index (χ3v) is 22.5. The molecule has 3 rings (SSSR count). The van der Waals surface area contributed by atoms with Crippen LogP contribution in [0.15, 0.2) is 60.8 Å². The number of aliphatic hydroxyl groups is 11. The van der Waals surface area contributed by atoms with Crippen LogP contribution >= 0.6 is 0 Å². The second kappa shape index (κ2) is 70.7. The maximum absolute atomic E-state index is 13.5. The molecule has 17 unspecified atom stereocenters. The minimum atomic E-state index is -1.98. The lowest BCUT2D eigenvalue weighted by Gasteiger charge is -2.48. The maximum Gasteiger partial charge on any atom is 0.220 e. The second-order valence-electron chi connectivity index (χ2n) is 32.4. The first-order valence-electron chi connectivity index (χ1n) is 45.5. The molecule has 3 saturated heterocycles. The van der Waals surface area contributed by atoms with Crippen molar-refractivity contribution >= 4 is 5.91 Å². The van der Waals surface area contributed by atoms with Gasteiger partial charge in [-0.3, -0.25) is 4.79 Å². The number of amides is 1. The summed E-state index contributed by atoms with van der Waals surface area (Å²) in [7, 11) is 0. The summed E-state index contributed by atoms with van der Waals surface area (Å²) < 4.78 is 34.5. The van der Waals surface area contributed by atoms with Gasteiger partial charge in [-0.1, -0.05) is 364 Å². The number of carbonyl (C=O) groups is 1. The predicted molar refractivity (Wildman–Crippen MR) is 443 cm³/mol. The van der Waals surface area contributed by atoms with Crippen LogP contribution in [-0.2, 0) is 33.2 Å². The highest BCUT2D eigenvalue weighted by Crippen LogP contribution is 2.34. The zero-order valence-corrected chi connectivity index (χ0v) is 69.5. The van der Waals surface area contributed by atoms with E-state index >= 15 is 0 Å². The number of ether oxygens (including phenoxy) is 6. The Kier molecular flexibility index (Phi) is 65.3. The Morgan fingerprint density at radius 3 is 0.973 bits per heavy atom. The third-order valence-electron chi connectivity index (χ3n) is 22.5. The lowest BCUT2D eigenvalue weighted by molar-refractivity contribution is -0.379. The van der Waals surface area contributed by atoms with E-state index in [1.165, 1.54) is 295 Å². The summed E-state index contributed by atoms with van der Waals surface area (Å²) in [5.41, 5.74) is 0. The molecule has 3 aliphatic heterocycles. The molecule has 17 atom stereocenters. The maximum atomic E-state index is 13.5. The van der Waals surface area contributed by atoms with Crippen molar-refractivity contribution < 1.29 is 89.4 Å². The van der Waals surface area contributed by atoms with Crippen molar-refractivity contribution in [3.63, 3.8) is 0 Å². The van der Waals surface area contributed by atoms with Crippen molar-refractivity contribution in [2.45, 2.75) is 484 Å². The quantitative estimate of drug-likeness (QED) is 0.0199. The molecule has 0 aromatic rings. The van der Waals surface area contributed by atoms with Crippen molar-refractivity contribution in [3.8, 4) is 0 Å². The molecule has 19 heteroatoms. The van der Waals surface area contributed by atoms with Crippen LogP contribution in [0.1, 0.15) is 380 Å². The van der Waals surface area contributed by atoms with Gasteiger partial charge in [-0.25, -0.2) is 0 Å². The molecule has 19 nitrogen and oxygen atoms in total. The average molecular weight is 1560 g/mol. The minimum absolute atomic E-state index is 0.239. The Morgan fingerprint density at radius 2 is 0.609 bits per heavy atom. The van der Waals surface area contributed by atoms with Crippen LogP contribution in [0.3, 0.4) is 0 Å². The fourth-order valence-electron chi connectivity index (χ4n) is 15.3. The molecule has 3 aliphatic rings. The minimum Gasteiger partial charge on any atom is -0.394 e. The van der Waals surface area contributed by atoms with Crippen LogP contribution in [0.25, 0.3) is 0 Å². The zero-order valence-electron chi connectivity index (χ0n) is 69.5. The summed E-state index contributed by atoms with van der Waals surface area (Å²) in [5.74, 6) is -0.278. The van der Waals surface area contributed by atoms with Gasteiger partial charge in [0, 0.05) is 6.42 Å². The number of aliphatic hydroxyl groups excluding tert-OH is 11. The average Bonchev–Trinajstić information content (AvgIpc) is 0.782. The van der Waals surface area contributed by atoms with E-state index in [0.29, 0.717) is 12.8 Å². The molecule has 644 valence electrons. The van der Waals surface area contributed by atoms with Gasteiger partial charge in [0.05, 0.1) is 38.6 Å². The number of nitrogens with one attached hydrogen (secondary N) is 1. The first-order valence-corrected chi connectivity index (χ1v) is 45.5. The van der Waals surface area contributed by atoms with Gasteiger partial charge in [0.2, 0.25) is 5.91 Å². The molecular formula is C91H167NO18. The van der Waals surface area contributed by atoms with Gasteiger partial charge in [0.1, 0.15) is 73.2 Å². The van der Waals surface area contributed by atoms with Crippen molar-refractivity contribution in [2.24, 2.45) is 0 Å². The molecule has 0 aromatic heterocycles. The van der Waals surface area contributed by atoms with E-state index in [0.717, 1.165) is 51.4 Å². The zero-order chi connectivity index (χ0) is 79.5. The summed E-state index contributed by atoms with van der Waals surface area (Å²) in [6, 6.07) is -0.992. The highest BCUT2D eigenvalue weighted by atomic mass is 16.8. The summed E-state index contributed by atoms with van der Waals surface area (Å²) in [5, 5.41) is 121. The predicted octanol–water partition coefficient (Wildman–Crippen LogP) is 17.4. The first kappa shape index (κ1) is 102. The summed E-state index contributed by atoms with van der Waals surface area (Å²) in [4.78, 5) is 13.5. The summed E-state index contributed by atoms with van der Waals surface area (Å²) >= 11 is 0. The highest BCUT2D eigenvalue weighted by Gasteiger charge is 2.54.